The number of carbonyl (C=O) groups excluding carboxylic acids is 1. The molecule has 2 aromatic rings. The molecule has 8 nitrogen and oxygen atoms in total. The number of amides is 1. The zero-order valence-corrected chi connectivity index (χ0v) is 13.8. The van der Waals surface area contributed by atoms with Crippen molar-refractivity contribution in [3.63, 3.8) is 0 Å². The van der Waals surface area contributed by atoms with Crippen molar-refractivity contribution < 1.29 is 25.0 Å². The summed E-state index contributed by atoms with van der Waals surface area (Å²) < 4.78 is 0.0284. The van der Waals surface area contributed by atoms with Crippen molar-refractivity contribution in [3.8, 4) is 11.5 Å². The number of piperidine rings is 1. The number of fused-ring (bicyclic) bond motifs is 1. The monoisotopic (exact) mass is 372 g/mol. The van der Waals surface area contributed by atoms with Crippen LogP contribution in [-0.2, 0) is 0 Å². The van der Waals surface area contributed by atoms with E-state index in [0.717, 1.165) is 17.4 Å². The standard InChI is InChI=1S/C14H13ClN2O6S/c15-9-7-5-8(19)11(20)10(17(22)23)12(7)24-13(9)14(21)16-3-1-6(18)2-4-16/h5-6,18-20H,1-4H2. The highest BCUT2D eigenvalue weighted by Gasteiger charge is 2.31. The number of benzene rings is 1. The fraction of sp³-hybridized carbons (Fsp3) is 0.357. The topological polar surface area (TPSA) is 124 Å². The van der Waals surface area contributed by atoms with Crippen LogP contribution in [0.15, 0.2) is 6.07 Å². The number of phenols is 2. The Morgan fingerprint density at radius 1 is 1.38 bits per heavy atom. The van der Waals surface area contributed by atoms with Gasteiger partial charge in [-0.3, -0.25) is 14.9 Å². The first-order chi connectivity index (χ1) is 11.3. The lowest BCUT2D eigenvalue weighted by molar-refractivity contribution is -0.383. The molecule has 3 rings (SSSR count). The number of aliphatic hydroxyl groups is 1. The summed E-state index contributed by atoms with van der Waals surface area (Å²) >= 11 is 7.00. The number of rotatable bonds is 2. The Morgan fingerprint density at radius 3 is 2.58 bits per heavy atom. The van der Waals surface area contributed by atoms with Crippen molar-refractivity contribution in [2.75, 3.05) is 13.1 Å². The SMILES string of the molecule is O=C(c1sc2c([N+](=O)[O-])c(O)c(O)cc2c1Cl)N1CCC(O)CC1. The minimum atomic E-state index is -0.856. The van der Waals surface area contributed by atoms with E-state index < -0.39 is 28.2 Å². The number of halogens is 1. The van der Waals surface area contributed by atoms with Gasteiger partial charge in [0.25, 0.3) is 5.91 Å². The molecule has 1 aromatic carbocycles. The fourth-order valence-corrected chi connectivity index (χ4v) is 4.24. The minimum Gasteiger partial charge on any atom is -0.504 e. The van der Waals surface area contributed by atoms with Gasteiger partial charge in [0.1, 0.15) is 9.58 Å². The summed E-state index contributed by atoms with van der Waals surface area (Å²) in [6.45, 7) is 0.729. The van der Waals surface area contributed by atoms with Gasteiger partial charge in [-0.05, 0) is 18.9 Å². The van der Waals surface area contributed by atoms with E-state index in [1.165, 1.54) is 4.90 Å². The number of aromatic hydroxyl groups is 2. The Bertz CT molecular complexity index is 844. The van der Waals surface area contributed by atoms with Crippen molar-refractivity contribution in [2.24, 2.45) is 0 Å². The molecule has 0 spiro atoms. The highest BCUT2D eigenvalue weighted by Crippen LogP contribution is 2.48. The maximum Gasteiger partial charge on any atom is 0.332 e. The van der Waals surface area contributed by atoms with Crippen molar-refractivity contribution in [1.82, 2.24) is 4.90 Å². The molecule has 1 fully saturated rings. The number of thiophene rings is 1. The normalized spacial score (nSPS) is 15.8. The first-order valence-electron chi connectivity index (χ1n) is 7.10. The molecule has 1 aromatic heterocycles. The molecule has 0 atom stereocenters. The number of hydrogen-bond acceptors (Lipinski definition) is 7. The Kier molecular flexibility index (Phi) is 4.24. The molecule has 1 amide bonds. The van der Waals surface area contributed by atoms with Crippen molar-refractivity contribution in [3.05, 3.63) is 26.1 Å². The summed E-state index contributed by atoms with van der Waals surface area (Å²) in [7, 11) is 0. The summed E-state index contributed by atoms with van der Waals surface area (Å²) in [5.74, 6) is -1.92. The summed E-state index contributed by atoms with van der Waals surface area (Å²) in [5.41, 5.74) is -0.676. The van der Waals surface area contributed by atoms with E-state index in [0.29, 0.717) is 25.9 Å². The van der Waals surface area contributed by atoms with Crippen LogP contribution in [0.3, 0.4) is 0 Å². The second-order valence-corrected chi connectivity index (χ2v) is 6.89. The molecule has 128 valence electrons. The Labute approximate surface area is 144 Å². The molecule has 3 N–H and O–H groups in total. The van der Waals surface area contributed by atoms with Crippen LogP contribution < -0.4 is 0 Å². The highest BCUT2D eigenvalue weighted by molar-refractivity contribution is 7.22. The average molecular weight is 373 g/mol. The second-order valence-electron chi connectivity index (χ2n) is 5.50. The van der Waals surface area contributed by atoms with Crippen molar-refractivity contribution in [2.45, 2.75) is 18.9 Å². The molecule has 0 unspecified atom stereocenters. The van der Waals surface area contributed by atoms with Crippen LogP contribution in [0.25, 0.3) is 10.1 Å². The lowest BCUT2D eigenvalue weighted by Gasteiger charge is -2.29. The quantitative estimate of drug-likeness (QED) is 0.422. The van der Waals surface area contributed by atoms with Crippen LogP contribution in [0.1, 0.15) is 22.5 Å². The third-order valence-corrected chi connectivity index (χ3v) is 5.68. The molecule has 10 heteroatoms. The average Bonchev–Trinajstić information content (AvgIpc) is 2.85. The number of likely N-dealkylation sites (tertiary alicyclic amines) is 1. The van der Waals surface area contributed by atoms with Crippen LogP contribution in [0.5, 0.6) is 11.5 Å². The zero-order chi connectivity index (χ0) is 17.6. The molecule has 2 heterocycles. The number of nitro benzene ring substituents is 1. The van der Waals surface area contributed by atoms with Gasteiger partial charge >= 0.3 is 5.69 Å². The van der Waals surface area contributed by atoms with E-state index in [4.69, 9.17) is 11.6 Å². The summed E-state index contributed by atoms with van der Waals surface area (Å²) in [4.78, 5) is 24.6. The van der Waals surface area contributed by atoms with Crippen molar-refractivity contribution >= 4 is 44.6 Å². The van der Waals surface area contributed by atoms with E-state index in [9.17, 15) is 30.2 Å². The maximum absolute atomic E-state index is 12.6. The van der Waals surface area contributed by atoms with Gasteiger partial charge in [0.15, 0.2) is 5.75 Å². The zero-order valence-electron chi connectivity index (χ0n) is 12.2. The van der Waals surface area contributed by atoms with E-state index in [2.05, 4.69) is 0 Å². The lowest BCUT2D eigenvalue weighted by atomic mass is 10.1. The predicted octanol–water partition coefficient (Wildman–Crippen LogP) is 2.47. The van der Waals surface area contributed by atoms with Crippen LogP contribution >= 0.6 is 22.9 Å². The number of hydrogen-bond donors (Lipinski definition) is 3. The smallest absolute Gasteiger partial charge is 0.332 e. The summed E-state index contributed by atoms with van der Waals surface area (Å²) in [6, 6.07) is 1.10. The van der Waals surface area contributed by atoms with E-state index in [-0.39, 0.29) is 25.9 Å². The van der Waals surface area contributed by atoms with Crippen LogP contribution in [0, 0.1) is 10.1 Å². The van der Waals surface area contributed by atoms with Crippen LogP contribution in [-0.4, -0.2) is 50.2 Å². The summed E-state index contributed by atoms with van der Waals surface area (Å²) in [5, 5.41) is 40.2. The lowest BCUT2D eigenvalue weighted by Crippen LogP contribution is -2.39. The Morgan fingerprint density at radius 2 is 2.00 bits per heavy atom. The second kappa shape index (κ2) is 6.08. The van der Waals surface area contributed by atoms with Gasteiger partial charge in [-0.25, -0.2) is 0 Å². The number of aliphatic hydroxyl groups excluding tert-OH is 1. The number of nitrogens with zero attached hydrogens (tertiary/aromatic N) is 2. The van der Waals surface area contributed by atoms with Gasteiger partial charge in [-0.2, -0.15) is 0 Å². The summed E-state index contributed by atoms with van der Waals surface area (Å²) in [6.07, 6.45) is 0.466. The van der Waals surface area contributed by atoms with Crippen molar-refractivity contribution in [1.29, 1.82) is 0 Å². The Balaban J connectivity index is 2.10. The van der Waals surface area contributed by atoms with Gasteiger partial charge in [-0.1, -0.05) is 11.6 Å². The highest BCUT2D eigenvalue weighted by atomic mass is 35.5. The fourth-order valence-electron chi connectivity index (χ4n) is 2.68. The first-order valence-corrected chi connectivity index (χ1v) is 8.29. The molecular formula is C14H13ClN2O6S. The number of nitro groups is 1. The molecule has 24 heavy (non-hydrogen) atoms. The molecule has 1 aliphatic rings. The van der Waals surface area contributed by atoms with Gasteiger partial charge in [0.05, 0.1) is 16.0 Å². The van der Waals surface area contributed by atoms with Gasteiger partial charge in [0.2, 0.25) is 5.75 Å². The molecule has 0 bridgehead atoms. The molecule has 1 aliphatic heterocycles. The van der Waals surface area contributed by atoms with Gasteiger partial charge in [-0.15, -0.1) is 11.3 Å². The molecular weight excluding hydrogens is 360 g/mol. The molecule has 0 saturated carbocycles. The van der Waals surface area contributed by atoms with E-state index in [1.54, 1.807) is 0 Å². The third kappa shape index (κ3) is 2.64. The number of phenolic OH excluding ortho intramolecular Hbond substituents is 2. The molecule has 0 radical (unpaired) electrons. The van der Waals surface area contributed by atoms with E-state index in [1.807, 2.05) is 0 Å². The van der Waals surface area contributed by atoms with E-state index >= 15 is 0 Å². The minimum absolute atomic E-state index is 0.00419. The third-order valence-electron chi connectivity index (χ3n) is 3.98. The molecule has 1 saturated heterocycles. The maximum atomic E-state index is 12.6. The first kappa shape index (κ1) is 16.7. The predicted molar refractivity (Wildman–Crippen MR) is 88.0 cm³/mol. The van der Waals surface area contributed by atoms with Gasteiger partial charge < -0.3 is 20.2 Å². The molecule has 0 aliphatic carbocycles. The largest absolute Gasteiger partial charge is 0.504 e. The van der Waals surface area contributed by atoms with Crippen LogP contribution in [0.2, 0.25) is 5.02 Å². The van der Waals surface area contributed by atoms with Crippen LogP contribution in [0.4, 0.5) is 5.69 Å². The Hall–Kier alpha value is -2.10. The number of carbonyl (C=O) groups is 1. The van der Waals surface area contributed by atoms with Gasteiger partial charge in [0, 0.05) is 18.5 Å².